The second-order valence-corrected chi connectivity index (χ2v) is 9.24. The molecule has 0 saturated carbocycles. The zero-order chi connectivity index (χ0) is 22.8. The molecule has 11 heteroatoms. The van der Waals surface area contributed by atoms with Gasteiger partial charge < -0.3 is 20.2 Å². The van der Waals surface area contributed by atoms with Crippen LogP contribution in [0.15, 0.2) is 27.0 Å². The van der Waals surface area contributed by atoms with Gasteiger partial charge in [0.05, 0.1) is 17.7 Å². The quantitative estimate of drug-likeness (QED) is 0.287. The summed E-state index contributed by atoms with van der Waals surface area (Å²) >= 11 is 2.88. The van der Waals surface area contributed by atoms with Gasteiger partial charge in [-0.25, -0.2) is 9.78 Å². The maximum absolute atomic E-state index is 12.2. The van der Waals surface area contributed by atoms with Crippen LogP contribution in [-0.4, -0.2) is 32.7 Å². The van der Waals surface area contributed by atoms with Crippen LogP contribution in [0.1, 0.15) is 40.0 Å². The highest BCUT2D eigenvalue weighted by atomic mass is 32.2. The number of hydrogen-bond donors (Lipinski definition) is 2. The van der Waals surface area contributed by atoms with Crippen molar-refractivity contribution in [3.63, 3.8) is 0 Å². The van der Waals surface area contributed by atoms with Gasteiger partial charge in [0.15, 0.2) is 4.34 Å². The third kappa shape index (κ3) is 4.53. The molecular formula is C21H22N6O3S2. The molecule has 0 fully saturated rings. The average molecular weight is 471 g/mol. The summed E-state index contributed by atoms with van der Waals surface area (Å²) in [5.74, 6) is 0.976. The van der Waals surface area contributed by atoms with Crippen molar-refractivity contribution < 1.29 is 13.9 Å². The van der Waals surface area contributed by atoms with Crippen LogP contribution in [0.5, 0.6) is 0 Å². The summed E-state index contributed by atoms with van der Waals surface area (Å²) in [5, 5.41) is 12.8. The largest absolute Gasteiger partial charge is 0.462 e. The van der Waals surface area contributed by atoms with E-state index in [0.29, 0.717) is 27.9 Å². The fraction of sp³-hybridized carbons (Fsp3) is 0.286. The highest BCUT2D eigenvalue weighted by Gasteiger charge is 2.24. The van der Waals surface area contributed by atoms with Crippen LogP contribution in [0.25, 0.3) is 11.1 Å². The first-order valence-corrected chi connectivity index (χ1v) is 11.7. The molecule has 0 amide bonds. The molecule has 32 heavy (non-hydrogen) atoms. The van der Waals surface area contributed by atoms with Crippen molar-refractivity contribution >= 4 is 56.8 Å². The van der Waals surface area contributed by atoms with Gasteiger partial charge in [0.25, 0.3) is 0 Å². The number of carbonyl (C=O) groups is 1. The number of nitrogen functional groups attached to an aromatic ring is 1. The average Bonchev–Trinajstić information content (AvgIpc) is 3.33. The number of hydrogen-bond acceptors (Lipinski definition) is 11. The van der Waals surface area contributed by atoms with Crippen molar-refractivity contribution in [2.24, 2.45) is 0 Å². The number of nitrogens with two attached hydrogens (primary N) is 1. The molecule has 3 N–H and O–H groups in total. The molecular weight excluding hydrogens is 448 g/mol. The second kappa shape index (κ2) is 9.13. The summed E-state index contributed by atoms with van der Waals surface area (Å²) in [4.78, 5) is 21.0. The van der Waals surface area contributed by atoms with Gasteiger partial charge in [-0.2, -0.15) is 4.98 Å². The number of thioether (sulfide) groups is 1. The molecule has 0 atom stereocenters. The van der Waals surface area contributed by atoms with Crippen molar-refractivity contribution in [1.29, 1.82) is 0 Å². The molecule has 0 bridgehead atoms. The monoisotopic (exact) mass is 470 g/mol. The second-order valence-electron chi connectivity index (χ2n) is 7.04. The molecule has 0 radical (unpaired) electrons. The van der Waals surface area contributed by atoms with E-state index in [1.165, 1.54) is 34.2 Å². The van der Waals surface area contributed by atoms with Crippen LogP contribution < -0.4 is 11.1 Å². The molecule has 0 spiro atoms. The summed E-state index contributed by atoms with van der Waals surface area (Å²) in [5.41, 5.74) is 10.1. The molecule has 9 nitrogen and oxygen atoms in total. The van der Waals surface area contributed by atoms with Crippen molar-refractivity contribution in [1.82, 2.24) is 20.2 Å². The molecule has 0 aliphatic heterocycles. The minimum absolute atomic E-state index is 0.180. The normalized spacial score (nSPS) is 11.1. The number of ether oxygens (including phenoxy) is 1. The fourth-order valence-corrected chi connectivity index (χ4v) is 4.71. The Bertz CT molecular complexity index is 1300. The van der Waals surface area contributed by atoms with Crippen molar-refractivity contribution in [2.75, 3.05) is 17.7 Å². The Labute approximate surface area is 192 Å². The standard InChI is InChI=1S/C21H22N6O3S2/c1-5-29-19(28)15-12(4)30-18-16(15)17(22)24-14(25-18)9-31-21-27-26-20(32-21)23-13-7-6-10(2)11(3)8-13/h6-8H,5,9H2,1-4H3,(H,23,26)(H2,22,24,25). The summed E-state index contributed by atoms with van der Waals surface area (Å²) in [7, 11) is 0. The van der Waals surface area contributed by atoms with Crippen molar-refractivity contribution in [3.8, 4) is 0 Å². The van der Waals surface area contributed by atoms with E-state index in [2.05, 4.69) is 51.5 Å². The summed E-state index contributed by atoms with van der Waals surface area (Å²) in [6, 6.07) is 6.15. The zero-order valence-corrected chi connectivity index (χ0v) is 19.7. The van der Waals surface area contributed by atoms with E-state index in [-0.39, 0.29) is 23.7 Å². The molecule has 3 aromatic heterocycles. The smallest absolute Gasteiger partial charge is 0.342 e. The molecule has 4 rings (SSSR count). The van der Waals surface area contributed by atoms with E-state index >= 15 is 0 Å². The maximum Gasteiger partial charge on any atom is 0.342 e. The van der Waals surface area contributed by atoms with E-state index in [1.54, 1.807) is 13.8 Å². The number of fused-ring (bicyclic) bond motifs is 1. The topological polar surface area (TPSA) is 129 Å². The highest BCUT2D eigenvalue weighted by Crippen LogP contribution is 2.32. The minimum Gasteiger partial charge on any atom is -0.462 e. The molecule has 3 heterocycles. The van der Waals surface area contributed by atoms with Gasteiger partial charge in [-0.15, -0.1) is 10.2 Å². The van der Waals surface area contributed by atoms with Gasteiger partial charge in [0.2, 0.25) is 10.8 Å². The van der Waals surface area contributed by atoms with Gasteiger partial charge in [-0.05, 0) is 51.0 Å². The SMILES string of the molecule is CCOC(=O)c1c(C)oc2nc(CSc3nnc(Nc4ccc(C)c(C)c4)s3)nc(N)c12. The van der Waals surface area contributed by atoms with E-state index < -0.39 is 5.97 Å². The predicted molar refractivity (Wildman–Crippen MR) is 126 cm³/mol. The number of esters is 1. The Hall–Kier alpha value is -3.18. The number of nitrogens with one attached hydrogen (secondary N) is 1. The van der Waals surface area contributed by atoms with E-state index in [0.717, 1.165) is 10.0 Å². The Balaban J connectivity index is 1.48. The molecule has 0 aliphatic rings. The van der Waals surface area contributed by atoms with Crippen LogP contribution >= 0.6 is 23.1 Å². The number of carbonyl (C=O) groups excluding carboxylic acids is 1. The van der Waals surface area contributed by atoms with Crippen LogP contribution in [0.4, 0.5) is 16.6 Å². The van der Waals surface area contributed by atoms with Gasteiger partial charge in [0.1, 0.15) is 23.0 Å². The summed E-state index contributed by atoms with van der Waals surface area (Å²) in [6.07, 6.45) is 0. The maximum atomic E-state index is 12.2. The third-order valence-electron chi connectivity index (χ3n) is 4.77. The zero-order valence-electron chi connectivity index (χ0n) is 18.1. The first-order chi connectivity index (χ1) is 15.4. The Morgan fingerprint density at radius 2 is 2.03 bits per heavy atom. The van der Waals surface area contributed by atoms with Crippen LogP contribution in [0.3, 0.4) is 0 Å². The number of furan rings is 1. The lowest BCUT2D eigenvalue weighted by molar-refractivity contribution is 0.0526. The first kappa shape index (κ1) is 22.0. The lowest BCUT2D eigenvalue weighted by Crippen LogP contribution is -2.07. The van der Waals surface area contributed by atoms with Crippen molar-refractivity contribution in [3.05, 3.63) is 46.5 Å². The molecule has 166 valence electrons. The Kier molecular flexibility index (Phi) is 6.28. The number of rotatable bonds is 7. The van der Waals surface area contributed by atoms with Gasteiger partial charge >= 0.3 is 5.97 Å². The third-order valence-corrected chi connectivity index (χ3v) is 6.74. The van der Waals surface area contributed by atoms with Crippen LogP contribution in [0, 0.1) is 20.8 Å². The number of anilines is 3. The highest BCUT2D eigenvalue weighted by molar-refractivity contribution is 8.00. The molecule has 4 aromatic rings. The number of nitrogens with zero attached hydrogens (tertiary/aromatic N) is 4. The van der Waals surface area contributed by atoms with Crippen molar-refractivity contribution in [2.45, 2.75) is 37.8 Å². The van der Waals surface area contributed by atoms with Gasteiger partial charge in [-0.1, -0.05) is 29.2 Å². The number of benzene rings is 1. The molecule has 0 saturated heterocycles. The Morgan fingerprint density at radius 1 is 1.22 bits per heavy atom. The Morgan fingerprint density at radius 3 is 2.78 bits per heavy atom. The van der Waals surface area contributed by atoms with Crippen LogP contribution in [0.2, 0.25) is 0 Å². The van der Waals surface area contributed by atoms with Crippen LogP contribution in [-0.2, 0) is 10.5 Å². The van der Waals surface area contributed by atoms with E-state index in [1.807, 2.05) is 6.07 Å². The molecule has 0 aliphatic carbocycles. The predicted octanol–water partition coefficient (Wildman–Crippen LogP) is 4.79. The first-order valence-electron chi connectivity index (χ1n) is 9.89. The van der Waals surface area contributed by atoms with E-state index in [9.17, 15) is 4.79 Å². The van der Waals surface area contributed by atoms with Gasteiger partial charge in [-0.3, -0.25) is 0 Å². The molecule has 0 unspecified atom stereocenters. The fourth-order valence-electron chi connectivity index (χ4n) is 3.08. The summed E-state index contributed by atoms with van der Waals surface area (Å²) in [6.45, 7) is 7.81. The van der Waals surface area contributed by atoms with Gasteiger partial charge in [0, 0.05) is 5.69 Å². The lowest BCUT2D eigenvalue weighted by atomic mass is 10.1. The van der Waals surface area contributed by atoms with E-state index in [4.69, 9.17) is 14.9 Å². The molecule has 1 aromatic carbocycles. The minimum atomic E-state index is -0.501. The number of aromatic nitrogens is 4. The lowest BCUT2D eigenvalue weighted by Gasteiger charge is -2.05. The number of aryl methyl sites for hydroxylation is 3. The summed E-state index contributed by atoms with van der Waals surface area (Å²) < 4.78 is 11.5.